The van der Waals surface area contributed by atoms with Crippen molar-refractivity contribution in [3.63, 3.8) is 0 Å². The van der Waals surface area contributed by atoms with Gasteiger partial charge in [-0.15, -0.1) is 5.10 Å². The second-order valence-corrected chi connectivity index (χ2v) is 4.86. The molecule has 0 radical (unpaired) electrons. The summed E-state index contributed by atoms with van der Waals surface area (Å²) >= 11 is 0. The number of amides is 1. The van der Waals surface area contributed by atoms with E-state index in [0.717, 1.165) is 5.69 Å². The minimum atomic E-state index is -1.08. The van der Waals surface area contributed by atoms with E-state index in [1.807, 2.05) is 12.1 Å². The topological polar surface area (TPSA) is 114 Å². The van der Waals surface area contributed by atoms with Gasteiger partial charge in [-0.3, -0.25) is 4.79 Å². The van der Waals surface area contributed by atoms with Crippen LogP contribution in [0.1, 0.15) is 26.9 Å². The molecule has 3 N–H and O–H groups in total. The lowest BCUT2D eigenvalue weighted by atomic mass is 10.1. The molecule has 8 heteroatoms. The lowest BCUT2D eigenvalue weighted by molar-refractivity contribution is 0.0690. The Hall–Kier alpha value is -2.90. The number of anilines is 1. The van der Waals surface area contributed by atoms with E-state index in [0.29, 0.717) is 18.7 Å². The molecule has 1 amide bonds. The van der Waals surface area contributed by atoms with Crippen molar-refractivity contribution in [2.45, 2.75) is 6.04 Å². The maximum Gasteiger partial charge on any atom is 0.358 e. The zero-order valence-corrected chi connectivity index (χ0v) is 11.0. The number of aromatic nitrogens is 3. The van der Waals surface area contributed by atoms with Crippen molar-refractivity contribution in [3.05, 3.63) is 41.7 Å². The van der Waals surface area contributed by atoms with Gasteiger partial charge in [-0.25, -0.2) is 9.48 Å². The van der Waals surface area contributed by atoms with Crippen LogP contribution in [0, 0.1) is 0 Å². The molecule has 0 bridgehead atoms. The monoisotopic (exact) mass is 287 g/mol. The van der Waals surface area contributed by atoms with Crippen LogP contribution in [0.4, 0.5) is 5.69 Å². The highest BCUT2D eigenvalue weighted by molar-refractivity contribution is 5.93. The average Bonchev–Trinajstić information content (AvgIpc) is 2.87. The second kappa shape index (κ2) is 4.89. The van der Waals surface area contributed by atoms with Crippen molar-refractivity contribution in [2.24, 2.45) is 5.73 Å². The molecule has 3 rings (SSSR count). The molecular formula is C13H13N5O3. The summed E-state index contributed by atoms with van der Waals surface area (Å²) in [6, 6.07) is 7.13. The minimum Gasteiger partial charge on any atom is -0.476 e. The number of carbonyl (C=O) groups is 2. The second-order valence-electron chi connectivity index (χ2n) is 4.86. The van der Waals surface area contributed by atoms with Crippen molar-refractivity contribution in [1.29, 1.82) is 0 Å². The third kappa shape index (κ3) is 2.42. The maximum absolute atomic E-state index is 11.0. The van der Waals surface area contributed by atoms with Crippen LogP contribution in [0.15, 0.2) is 30.5 Å². The number of primary amides is 1. The SMILES string of the molecule is NC(=O)c1ccc(N2CC(n3cc(C(=O)O)nn3)C2)cc1. The van der Waals surface area contributed by atoms with E-state index in [1.165, 1.54) is 6.20 Å². The number of carboxylic acid groups (broad SMARTS) is 1. The average molecular weight is 287 g/mol. The first-order chi connectivity index (χ1) is 10.0. The molecule has 0 atom stereocenters. The van der Waals surface area contributed by atoms with Gasteiger partial charge in [0.2, 0.25) is 5.91 Å². The summed E-state index contributed by atoms with van der Waals surface area (Å²) in [5, 5.41) is 16.2. The fourth-order valence-electron chi connectivity index (χ4n) is 2.22. The van der Waals surface area contributed by atoms with Crippen molar-refractivity contribution in [2.75, 3.05) is 18.0 Å². The van der Waals surface area contributed by atoms with Crippen LogP contribution in [0.5, 0.6) is 0 Å². The number of aromatic carboxylic acids is 1. The molecule has 1 aromatic heterocycles. The Kier molecular flexibility index (Phi) is 3.05. The van der Waals surface area contributed by atoms with Crippen LogP contribution in [0.2, 0.25) is 0 Å². The standard InChI is InChI=1S/C13H13N5O3/c14-12(19)8-1-3-9(4-2-8)17-5-10(6-17)18-7-11(13(20)21)15-16-18/h1-4,7,10H,5-6H2,(H2,14,19)(H,20,21). The highest BCUT2D eigenvalue weighted by Crippen LogP contribution is 2.27. The fourth-order valence-corrected chi connectivity index (χ4v) is 2.22. The summed E-state index contributed by atoms with van der Waals surface area (Å²) in [6.07, 6.45) is 1.43. The van der Waals surface area contributed by atoms with E-state index >= 15 is 0 Å². The molecule has 1 fully saturated rings. The van der Waals surface area contributed by atoms with E-state index in [4.69, 9.17) is 10.8 Å². The molecular weight excluding hydrogens is 274 g/mol. The van der Waals surface area contributed by atoms with Gasteiger partial charge in [0, 0.05) is 24.3 Å². The molecule has 0 saturated carbocycles. The fraction of sp³-hybridized carbons (Fsp3) is 0.231. The van der Waals surface area contributed by atoms with E-state index in [-0.39, 0.29) is 11.7 Å². The zero-order valence-electron chi connectivity index (χ0n) is 11.0. The first-order valence-electron chi connectivity index (χ1n) is 6.34. The van der Waals surface area contributed by atoms with Crippen molar-refractivity contribution in [1.82, 2.24) is 15.0 Å². The smallest absolute Gasteiger partial charge is 0.358 e. The summed E-state index contributed by atoms with van der Waals surface area (Å²) < 4.78 is 1.57. The number of carboxylic acids is 1. The highest BCUT2D eigenvalue weighted by Gasteiger charge is 2.30. The van der Waals surface area contributed by atoms with Crippen molar-refractivity contribution >= 4 is 17.6 Å². The van der Waals surface area contributed by atoms with Crippen LogP contribution in [-0.4, -0.2) is 45.1 Å². The quantitative estimate of drug-likeness (QED) is 0.826. The summed E-state index contributed by atoms with van der Waals surface area (Å²) in [6.45, 7) is 1.41. The number of hydrogen-bond donors (Lipinski definition) is 2. The Labute approximate surface area is 119 Å². The van der Waals surface area contributed by atoms with Crippen LogP contribution < -0.4 is 10.6 Å². The van der Waals surface area contributed by atoms with Gasteiger partial charge in [-0.1, -0.05) is 5.21 Å². The molecule has 0 spiro atoms. The van der Waals surface area contributed by atoms with Gasteiger partial charge in [0.05, 0.1) is 12.2 Å². The molecule has 1 aliphatic rings. The molecule has 8 nitrogen and oxygen atoms in total. The first kappa shape index (κ1) is 13.1. The van der Waals surface area contributed by atoms with Crippen LogP contribution in [0.25, 0.3) is 0 Å². The number of nitrogens with two attached hydrogens (primary N) is 1. The van der Waals surface area contributed by atoms with Gasteiger partial charge in [-0.05, 0) is 24.3 Å². The largest absolute Gasteiger partial charge is 0.476 e. The number of carbonyl (C=O) groups excluding carboxylic acids is 1. The molecule has 21 heavy (non-hydrogen) atoms. The zero-order chi connectivity index (χ0) is 15.0. The highest BCUT2D eigenvalue weighted by atomic mass is 16.4. The number of benzene rings is 1. The van der Waals surface area contributed by atoms with Gasteiger partial charge < -0.3 is 15.7 Å². The van der Waals surface area contributed by atoms with Crippen molar-refractivity contribution < 1.29 is 14.7 Å². The molecule has 2 aromatic rings. The summed E-state index contributed by atoms with van der Waals surface area (Å²) in [7, 11) is 0. The lowest BCUT2D eigenvalue weighted by Gasteiger charge is -2.40. The molecule has 1 saturated heterocycles. The number of nitrogens with zero attached hydrogens (tertiary/aromatic N) is 4. The molecule has 1 aromatic carbocycles. The number of rotatable bonds is 4. The summed E-state index contributed by atoms with van der Waals surface area (Å²) in [4.78, 5) is 23.8. The molecule has 0 unspecified atom stereocenters. The van der Waals surface area contributed by atoms with Crippen LogP contribution in [-0.2, 0) is 0 Å². The van der Waals surface area contributed by atoms with Gasteiger partial charge in [0.15, 0.2) is 5.69 Å². The van der Waals surface area contributed by atoms with Crippen LogP contribution >= 0.6 is 0 Å². The Morgan fingerprint density at radius 2 is 1.90 bits per heavy atom. The third-order valence-corrected chi connectivity index (χ3v) is 3.48. The third-order valence-electron chi connectivity index (χ3n) is 3.48. The molecule has 0 aliphatic carbocycles. The molecule has 1 aliphatic heterocycles. The minimum absolute atomic E-state index is 0.0562. The van der Waals surface area contributed by atoms with E-state index in [9.17, 15) is 9.59 Å². The normalized spacial score (nSPS) is 14.8. The Balaban J connectivity index is 1.64. The Morgan fingerprint density at radius 3 is 2.43 bits per heavy atom. The van der Waals surface area contributed by atoms with Gasteiger partial charge in [0.1, 0.15) is 0 Å². The number of hydrogen-bond acceptors (Lipinski definition) is 5. The van der Waals surface area contributed by atoms with E-state index in [1.54, 1.807) is 16.8 Å². The molecule has 108 valence electrons. The van der Waals surface area contributed by atoms with Crippen molar-refractivity contribution in [3.8, 4) is 0 Å². The predicted molar refractivity (Wildman–Crippen MR) is 73.2 cm³/mol. The van der Waals surface area contributed by atoms with E-state index in [2.05, 4.69) is 15.2 Å². The van der Waals surface area contributed by atoms with Gasteiger partial charge >= 0.3 is 5.97 Å². The van der Waals surface area contributed by atoms with Crippen LogP contribution in [0.3, 0.4) is 0 Å². The maximum atomic E-state index is 11.0. The van der Waals surface area contributed by atoms with Gasteiger partial charge in [-0.2, -0.15) is 0 Å². The first-order valence-corrected chi connectivity index (χ1v) is 6.34. The Bertz CT molecular complexity index is 688. The Morgan fingerprint density at radius 1 is 1.24 bits per heavy atom. The molecule has 2 heterocycles. The predicted octanol–water partition coefficient (Wildman–Crippen LogP) is 0.136. The van der Waals surface area contributed by atoms with E-state index < -0.39 is 11.9 Å². The summed E-state index contributed by atoms with van der Waals surface area (Å²) in [5.74, 6) is -1.54. The lowest BCUT2D eigenvalue weighted by Crippen LogP contribution is -2.48. The summed E-state index contributed by atoms with van der Waals surface area (Å²) in [5.41, 5.74) is 6.59. The van der Waals surface area contributed by atoms with Gasteiger partial charge in [0.25, 0.3) is 0 Å².